The SMILES string of the molecule is CNC(C)c1cnc(-c2ccc(OC)c3ccccc23)s1. The van der Waals surface area contributed by atoms with Crippen molar-refractivity contribution in [3.63, 3.8) is 0 Å². The Kier molecular flexibility index (Phi) is 3.90. The topological polar surface area (TPSA) is 34.2 Å². The van der Waals surface area contributed by atoms with Gasteiger partial charge in [0.2, 0.25) is 0 Å². The van der Waals surface area contributed by atoms with Crippen molar-refractivity contribution in [3.05, 3.63) is 47.5 Å². The van der Waals surface area contributed by atoms with Gasteiger partial charge in [0.15, 0.2) is 0 Å². The maximum atomic E-state index is 5.45. The monoisotopic (exact) mass is 298 g/mol. The number of aromatic nitrogens is 1. The van der Waals surface area contributed by atoms with Crippen LogP contribution in [-0.4, -0.2) is 19.1 Å². The van der Waals surface area contributed by atoms with Gasteiger partial charge in [-0.1, -0.05) is 24.3 Å². The van der Waals surface area contributed by atoms with E-state index in [-0.39, 0.29) is 0 Å². The Balaban J connectivity index is 2.15. The highest BCUT2D eigenvalue weighted by molar-refractivity contribution is 7.15. The maximum absolute atomic E-state index is 5.45. The highest BCUT2D eigenvalue weighted by Crippen LogP contribution is 2.36. The maximum Gasteiger partial charge on any atom is 0.126 e. The van der Waals surface area contributed by atoms with Gasteiger partial charge in [-0.25, -0.2) is 4.98 Å². The number of nitrogens with one attached hydrogen (secondary N) is 1. The molecule has 0 saturated carbocycles. The summed E-state index contributed by atoms with van der Waals surface area (Å²) in [5.41, 5.74) is 1.16. The fraction of sp³-hybridized carbons (Fsp3) is 0.235. The number of thiazole rings is 1. The second-order valence-electron chi connectivity index (χ2n) is 4.94. The van der Waals surface area contributed by atoms with Crippen molar-refractivity contribution in [2.45, 2.75) is 13.0 Å². The highest BCUT2D eigenvalue weighted by Gasteiger charge is 2.13. The molecule has 4 heteroatoms. The lowest BCUT2D eigenvalue weighted by Gasteiger charge is -2.09. The predicted molar refractivity (Wildman–Crippen MR) is 89.1 cm³/mol. The molecule has 1 heterocycles. The fourth-order valence-corrected chi connectivity index (χ4v) is 3.41. The van der Waals surface area contributed by atoms with E-state index in [1.54, 1.807) is 18.4 Å². The number of ether oxygens (including phenoxy) is 1. The summed E-state index contributed by atoms with van der Waals surface area (Å²) in [4.78, 5) is 5.84. The van der Waals surface area contributed by atoms with Crippen molar-refractivity contribution in [1.29, 1.82) is 0 Å². The zero-order chi connectivity index (χ0) is 14.8. The largest absolute Gasteiger partial charge is 0.496 e. The first-order chi connectivity index (χ1) is 10.2. The fourth-order valence-electron chi connectivity index (χ4n) is 2.39. The zero-order valence-corrected chi connectivity index (χ0v) is 13.2. The highest BCUT2D eigenvalue weighted by atomic mass is 32.1. The number of methoxy groups -OCH3 is 1. The third kappa shape index (κ3) is 2.52. The Hall–Kier alpha value is -1.91. The molecule has 1 unspecified atom stereocenters. The molecule has 0 aliphatic carbocycles. The standard InChI is InChI=1S/C17H18N2OS/c1-11(18-2)16-10-19-17(21-16)14-8-9-15(20-3)13-7-5-4-6-12(13)14/h4-11,18H,1-3H3. The number of rotatable bonds is 4. The summed E-state index contributed by atoms with van der Waals surface area (Å²) in [7, 11) is 3.67. The molecule has 2 aromatic carbocycles. The molecule has 0 saturated heterocycles. The van der Waals surface area contributed by atoms with Crippen molar-refractivity contribution in [2.75, 3.05) is 14.2 Å². The van der Waals surface area contributed by atoms with Gasteiger partial charge in [-0.05, 0) is 31.5 Å². The van der Waals surface area contributed by atoms with Gasteiger partial charge in [0.1, 0.15) is 10.8 Å². The number of nitrogens with zero attached hydrogens (tertiary/aromatic N) is 1. The van der Waals surface area contributed by atoms with Gasteiger partial charge in [-0.3, -0.25) is 0 Å². The Morgan fingerprint density at radius 1 is 1.14 bits per heavy atom. The Morgan fingerprint density at radius 3 is 2.62 bits per heavy atom. The second kappa shape index (κ2) is 5.84. The average molecular weight is 298 g/mol. The van der Waals surface area contributed by atoms with E-state index in [4.69, 9.17) is 4.74 Å². The average Bonchev–Trinajstić information content (AvgIpc) is 3.02. The van der Waals surface area contributed by atoms with Gasteiger partial charge in [-0.15, -0.1) is 11.3 Å². The molecular weight excluding hydrogens is 280 g/mol. The van der Waals surface area contributed by atoms with Crippen LogP contribution in [0.1, 0.15) is 17.8 Å². The van der Waals surface area contributed by atoms with E-state index in [0.717, 1.165) is 21.7 Å². The summed E-state index contributed by atoms with van der Waals surface area (Å²) in [6.45, 7) is 2.14. The Morgan fingerprint density at radius 2 is 1.90 bits per heavy atom. The summed E-state index contributed by atoms with van der Waals surface area (Å²) < 4.78 is 5.45. The number of fused-ring (bicyclic) bond motifs is 1. The Labute approximate surface area is 128 Å². The quantitative estimate of drug-likeness (QED) is 0.782. The first-order valence-electron chi connectivity index (χ1n) is 6.93. The number of benzene rings is 2. The van der Waals surface area contributed by atoms with E-state index in [9.17, 15) is 0 Å². The smallest absolute Gasteiger partial charge is 0.126 e. The van der Waals surface area contributed by atoms with Crippen LogP contribution in [0.25, 0.3) is 21.3 Å². The van der Waals surface area contributed by atoms with Crippen LogP contribution in [-0.2, 0) is 0 Å². The van der Waals surface area contributed by atoms with Crippen LogP contribution in [0.4, 0.5) is 0 Å². The van der Waals surface area contributed by atoms with Crippen molar-refractivity contribution in [1.82, 2.24) is 10.3 Å². The summed E-state index contributed by atoms with van der Waals surface area (Å²) in [5.74, 6) is 0.898. The second-order valence-corrected chi connectivity index (χ2v) is 6.00. The molecule has 3 rings (SSSR count). The van der Waals surface area contributed by atoms with Gasteiger partial charge in [0.25, 0.3) is 0 Å². The third-order valence-electron chi connectivity index (χ3n) is 3.72. The van der Waals surface area contributed by atoms with Gasteiger partial charge in [0.05, 0.1) is 7.11 Å². The third-order valence-corrected chi connectivity index (χ3v) is 4.93. The first-order valence-corrected chi connectivity index (χ1v) is 7.75. The van der Waals surface area contributed by atoms with Crippen molar-refractivity contribution in [3.8, 4) is 16.3 Å². The first kappa shape index (κ1) is 14.0. The summed E-state index contributed by atoms with van der Waals surface area (Å²) in [6.07, 6.45) is 1.96. The van der Waals surface area contributed by atoms with E-state index in [1.165, 1.54) is 10.3 Å². The van der Waals surface area contributed by atoms with E-state index in [2.05, 4.69) is 41.5 Å². The van der Waals surface area contributed by atoms with Crippen LogP contribution in [0.2, 0.25) is 0 Å². The minimum Gasteiger partial charge on any atom is -0.496 e. The lowest BCUT2D eigenvalue weighted by atomic mass is 10.0. The summed E-state index contributed by atoms with van der Waals surface area (Å²) in [5, 5.41) is 6.60. The number of hydrogen-bond acceptors (Lipinski definition) is 4. The zero-order valence-electron chi connectivity index (χ0n) is 12.4. The van der Waals surface area contributed by atoms with E-state index in [0.29, 0.717) is 6.04 Å². The molecule has 3 nitrogen and oxygen atoms in total. The molecular formula is C17H18N2OS. The van der Waals surface area contributed by atoms with Gasteiger partial charge < -0.3 is 10.1 Å². The number of hydrogen-bond donors (Lipinski definition) is 1. The molecule has 0 fully saturated rings. The van der Waals surface area contributed by atoms with Gasteiger partial charge in [-0.2, -0.15) is 0 Å². The van der Waals surface area contributed by atoms with Crippen LogP contribution < -0.4 is 10.1 Å². The molecule has 108 valence electrons. The normalized spacial score (nSPS) is 12.5. The van der Waals surface area contributed by atoms with Crippen molar-refractivity contribution >= 4 is 22.1 Å². The molecule has 3 aromatic rings. The lowest BCUT2D eigenvalue weighted by molar-refractivity contribution is 0.420. The minimum absolute atomic E-state index is 0.320. The lowest BCUT2D eigenvalue weighted by Crippen LogP contribution is -2.10. The van der Waals surface area contributed by atoms with Crippen LogP contribution in [0.3, 0.4) is 0 Å². The molecule has 0 aliphatic rings. The molecule has 0 aliphatic heterocycles. The summed E-state index contributed by atoms with van der Waals surface area (Å²) in [6, 6.07) is 12.7. The summed E-state index contributed by atoms with van der Waals surface area (Å²) >= 11 is 1.73. The van der Waals surface area contributed by atoms with E-state index >= 15 is 0 Å². The van der Waals surface area contributed by atoms with Crippen LogP contribution >= 0.6 is 11.3 Å². The molecule has 0 amide bonds. The molecule has 1 aromatic heterocycles. The minimum atomic E-state index is 0.320. The molecule has 21 heavy (non-hydrogen) atoms. The Bertz CT molecular complexity index is 766. The van der Waals surface area contributed by atoms with Crippen LogP contribution in [0, 0.1) is 0 Å². The molecule has 0 radical (unpaired) electrons. The van der Waals surface area contributed by atoms with Crippen molar-refractivity contribution in [2.24, 2.45) is 0 Å². The molecule has 0 spiro atoms. The van der Waals surface area contributed by atoms with Crippen LogP contribution in [0.5, 0.6) is 5.75 Å². The molecule has 0 bridgehead atoms. The van der Waals surface area contributed by atoms with Gasteiger partial charge in [0, 0.05) is 28.1 Å². The van der Waals surface area contributed by atoms with Crippen molar-refractivity contribution < 1.29 is 4.74 Å². The van der Waals surface area contributed by atoms with Gasteiger partial charge >= 0.3 is 0 Å². The van der Waals surface area contributed by atoms with Crippen LogP contribution in [0.15, 0.2) is 42.6 Å². The van der Waals surface area contributed by atoms with E-state index < -0.39 is 0 Å². The molecule has 1 N–H and O–H groups in total. The predicted octanol–water partition coefficient (Wildman–Crippen LogP) is 4.25. The van der Waals surface area contributed by atoms with E-state index in [1.807, 2.05) is 25.4 Å². The molecule has 1 atom stereocenters.